The molecule has 96 valence electrons. The lowest BCUT2D eigenvalue weighted by Gasteiger charge is -2.07. The zero-order valence-electron chi connectivity index (χ0n) is 9.93. The lowest BCUT2D eigenvalue weighted by Crippen LogP contribution is -2.15. The van der Waals surface area contributed by atoms with E-state index in [0.29, 0.717) is 0 Å². The van der Waals surface area contributed by atoms with Crippen LogP contribution in [0, 0.1) is 13.8 Å². The molecule has 4 N–H and O–H groups in total. The summed E-state index contributed by atoms with van der Waals surface area (Å²) in [7, 11) is -3.77. The highest BCUT2D eigenvalue weighted by Crippen LogP contribution is 2.18. The number of aromatic amines is 1. The summed E-state index contributed by atoms with van der Waals surface area (Å²) in [4.78, 5) is 4.00. The first kappa shape index (κ1) is 12.4. The van der Waals surface area contributed by atoms with Crippen molar-refractivity contribution in [2.75, 3.05) is 10.5 Å². The third-order valence-corrected chi connectivity index (χ3v) is 3.64. The van der Waals surface area contributed by atoms with Gasteiger partial charge in [-0.2, -0.15) is 5.10 Å². The van der Waals surface area contributed by atoms with Crippen molar-refractivity contribution < 1.29 is 8.42 Å². The maximum atomic E-state index is 12.0. The minimum Gasteiger partial charge on any atom is -0.383 e. The van der Waals surface area contributed by atoms with Crippen LogP contribution in [0.3, 0.4) is 0 Å². The quantitative estimate of drug-likeness (QED) is 0.761. The van der Waals surface area contributed by atoms with Crippen LogP contribution in [0.4, 0.5) is 11.6 Å². The van der Waals surface area contributed by atoms with Gasteiger partial charge in [0.1, 0.15) is 16.5 Å². The molecule has 2 aromatic heterocycles. The van der Waals surface area contributed by atoms with E-state index < -0.39 is 10.0 Å². The van der Waals surface area contributed by atoms with Crippen molar-refractivity contribution in [1.82, 2.24) is 15.2 Å². The van der Waals surface area contributed by atoms with Crippen molar-refractivity contribution in [3.05, 3.63) is 29.6 Å². The van der Waals surface area contributed by atoms with Crippen molar-refractivity contribution in [2.24, 2.45) is 0 Å². The summed E-state index contributed by atoms with van der Waals surface area (Å²) < 4.78 is 26.4. The molecule has 0 amide bonds. The van der Waals surface area contributed by atoms with Crippen LogP contribution >= 0.6 is 0 Å². The van der Waals surface area contributed by atoms with Crippen molar-refractivity contribution in [3.8, 4) is 0 Å². The van der Waals surface area contributed by atoms with E-state index in [9.17, 15) is 8.42 Å². The Hall–Kier alpha value is -2.09. The van der Waals surface area contributed by atoms with Crippen molar-refractivity contribution >= 4 is 21.7 Å². The Kier molecular flexibility index (Phi) is 2.95. The summed E-state index contributed by atoms with van der Waals surface area (Å²) >= 11 is 0. The van der Waals surface area contributed by atoms with Gasteiger partial charge >= 0.3 is 0 Å². The molecule has 0 unspecified atom stereocenters. The zero-order valence-corrected chi connectivity index (χ0v) is 10.7. The van der Waals surface area contributed by atoms with Crippen LogP contribution in [0.1, 0.15) is 11.3 Å². The lowest BCUT2D eigenvalue weighted by atomic mass is 10.2. The predicted molar refractivity (Wildman–Crippen MR) is 67.5 cm³/mol. The van der Waals surface area contributed by atoms with Gasteiger partial charge in [-0.3, -0.25) is 9.82 Å². The molecule has 8 heteroatoms. The van der Waals surface area contributed by atoms with Gasteiger partial charge in [-0.05, 0) is 31.5 Å². The molecule has 0 spiro atoms. The van der Waals surface area contributed by atoms with Crippen LogP contribution < -0.4 is 10.5 Å². The SMILES string of the molecule is Cc1cc(C)nc(NS(=O)(=O)c2cn[nH]c2N)c1. The van der Waals surface area contributed by atoms with E-state index in [0.717, 1.165) is 17.5 Å². The molecule has 0 saturated heterocycles. The molecule has 18 heavy (non-hydrogen) atoms. The Labute approximate surface area is 104 Å². The number of nitrogens with two attached hydrogens (primary N) is 1. The molecular formula is C10H13N5O2S. The number of hydrogen-bond acceptors (Lipinski definition) is 5. The molecule has 0 saturated carbocycles. The average molecular weight is 267 g/mol. The number of H-pyrrole nitrogens is 1. The maximum absolute atomic E-state index is 12.0. The van der Waals surface area contributed by atoms with Crippen LogP contribution in [-0.2, 0) is 10.0 Å². The highest BCUT2D eigenvalue weighted by molar-refractivity contribution is 7.92. The number of nitrogen functional groups attached to an aromatic ring is 1. The zero-order chi connectivity index (χ0) is 13.3. The van der Waals surface area contributed by atoms with Crippen LogP contribution in [0.5, 0.6) is 0 Å². The van der Waals surface area contributed by atoms with E-state index >= 15 is 0 Å². The number of anilines is 2. The fourth-order valence-electron chi connectivity index (χ4n) is 1.59. The smallest absolute Gasteiger partial charge is 0.268 e. The summed E-state index contributed by atoms with van der Waals surface area (Å²) in [6.45, 7) is 3.65. The molecule has 0 aliphatic heterocycles. The van der Waals surface area contributed by atoms with Crippen molar-refractivity contribution in [1.29, 1.82) is 0 Å². The number of nitrogens with one attached hydrogen (secondary N) is 2. The first-order valence-corrected chi connectivity index (χ1v) is 6.64. The second-order valence-corrected chi connectivity index (χ2v) is 5.58. The molecule has 2 aromatic rings. The summed E-state index contributed by atoms with van der Waals surface area (Å²) in [5, 5.41) is 5.95. The number of aromatic nitrogens is 3. The number of pyridine rings is 1. The highest BCUT2D eigenvalue weighted by Gasteiger charge is 2.20. The van der Waals surface area contributed by atoms with Gasteiger partial charge in [-0.25, -0.2) is 13.4 Å². The summed E-state index contributed by atoms with van der Waals surface area (Å²) in [6.07, 6.45) is 1.15. The number of hydrogen-bond donors (Lipinski definition) is 3. The van der Waals surface area contributed by atoms with E-state index in [2.05, 4.69) is 19.9 Å². The van der Waals surface area contributed by atoms with Crippen LogP contribution in [0.25, 0.3) is 0 Å². The standard InChI is InChI=1S/C10H13N5O2S/c1-6-3-7(2)13-9(4-6)15-18(16,17)8-5-12-14-10(8)11/h3-5H,1-2H3,(H,13,15)(H3,11,12,14). The van der Waals surface area contributed by atoms with Gasteiger partial charge < -0.3 is 5.73 Å². The van der Waals surface area contributed by atoms with Gasteiger partial charge in [0.15, 0.2) is 0 Å². The van der Waals surface area contributed by atoms with E-state index in [4.69, 9.17) is 5.73 Å². The normalized spacial score (nSPS) is 11.4. The molecule has 0 fully saturated rings. The van der Waals surface area contributed by atoms with Crippen LogP contribution in [0.15, 0.2) is 23.2 Å². The number of aryl methyl sites for hydroxylation is 2. The summed E-state index contributed by atoms with van der Waals surface area (Å²) in [5.74, 6) is 0.250. The Bertz CT molecular complexity index is 657. The molecule has 0 aliphatic rings. The first-order valence-electron chi connectivity index (χ1n) is 5.15. The minimum absolute atomic E-state index is 0.00752. The number of sulfonamides is 1. The third kappa shape index (κ3) is 2.43. The van der Waals surface area contributed by atoms with Gasteiger partial charge in [0.25, 0.3) is 10.0 Å². The molecule has 0 radical (unpaired) electrons. The van der Waals surface area contributed by atoms with E-state index in [1.165, 1.54) is 0 Å². The predicted octanol–water partition coefficient (Wildman–Crippen LogP) is 0.805. The Morgan fingerprint density at radius 1 is 1.33 bits per heavy atom. The van der Waals surface area contributed by atoms with Crippen LogP contribution in [-0.4, -0.2) is 23.6 Å². The molecule has 0 atom stereocenters. The fourth-order valence-corrected chi connectivity index (χ4v) is 2.60. The third-order valence-electron chi connectivity index (χ3n) is 2.26. The molecule has 0 aliphatic carbocycles. The van der Waals surface area contributed by atoms with Crippen molar-refractivity contribution in [3.63, 3.8) is 0 Å². The van der Waals surface area contributed by atoms with Gasteiger partial charge in [0, 0.05) is 5.69 Å². The summed E-state index contributed by atoms with van der Waals surface area (Å²) in [6, 6.07) is 3.49. The minimum atomic E-state index is -3.77. The molecule has 0 aromatic carbocycles. The second-order valence-electron chi connectivity index (χ2n) is 3.92. The monoisotopic (exact) mass is 267 g/mol. The van der Waals surface area contributed by atoms with Gasteiger partial charge in [-0.1, -0.05) is 0 Å². The van der Waals surface area contributed by atoms with Gasteiger partial charge in [-0.15, -0.1) is 0 Å². The molecule has 2 heterocycles. The molecule has 0 bridgehead atoms. The molecule has 2 rings (SSSR count). The maximum Gasteiger partial charge on any atom is 0.268 e. The van der Waals surface area contributed by atoms with E-state index in [1.54, 1.807) is 13.0 Å². The lowest BCUT2D eigenvalue weighted by molar-refractivity contribution is 0.601. The number of nitrogens with zero attached hydrogens (tertiary/aromatic N) is 2. The first-order chi connectivity index (χ1) is 8.38. The summed E-state index contributed by atoms with van der Waals surface area (Å²) in [5.41, 5.74) is 7.13. The Morgan fingerprint density at radius 3 is 2.61 bits per heavy atom. The van der Waals surface area contributed by atoms with E-state index in [1.807, 2.05) is 13.0 Å². The molecular weight excluding hydrogens is 254 g/mol. The van der Waals surface area contributed by atoms with Crippen molar-refractivity contribution in [2.45, 2.75) is 18.7 Å². The van der Waals surface area contributed by atoms with Gasteiger partial charge in [0.2, 0.25) is 0 Å². The molecule has 7 nitrogen and oxygen atoms in total. The average Bonchev–Trinajstić information content (AvgIpc) is 2.62. The highest BCUT2D eigenvalue weighted by atomic mass is 32.2. The van der Waals surface area contributed by atoms with Crippen LogP contribution in [0.2, 0.25) is 0 Å². The van der Waals surface area contributed by atoms with E-state index in [-0.39, 0.29) is 16.5 Å². The topological polar surface area (TPSA) is 114 Å². The largest absolute Gasteiger partial charge is 0.383 e. The Morgan fingerprint density at radius 2 is 2.06 bits per heavy atom. The van der Waals surface area contributed by atoms with Gasteiger partial charge in [0.05, 0.1) is 6.20 Å². The second kappa shape index (κ2) is 4.30. The number of rotatable bonds is 3. The Balaban J connectivity index is 2.37. The fraction of sp³-hybridized carbons (Fsp3) is 0.200.